The first-order valence-corrected chi connectivity index (χ1v) is 4.10. The number of hydrogen-bond acceptors (Lipinski definition) is 4. The summed E-state index contributed by atoms with van der Waals surface area (Å²) in [5, 5.41) is 6.53. The molecule has 4 nitrogen and oxygen atoms in total. The Hall–Kier alpha value is -2.05. The van der Waals surface area contributed by atoms with Crippen molar-refractivity contribution in [2.75, 3.05) is 0 Å². The van der Waals surface area contributed by atoms with Crippen LogP contribution >= 0.6 is 0 Å². The van der Waals surface area contributed by atoms with E-state index in [1.165, 1.54) is 12.1 Å². The molecule has 0 N–H and O–H groups in total. The van der Waals surface area contributed by atoms with Crippen molar-refractivity contribution in [2.45, 2.75) is 6.18 Å². The third-order valence-corrected chi connectivity index (χ3v) is 1.67. The Labute approximate surface area is 87.7 Å². The topological polar surface area (TPSA) is 48.2 Å². The summed E-state index contributed by atoms with van der Waals surface area (Å²) in [7, 11) is 0. The van der Waals surface area contributed by atoms with Crippen molar-refractivity contribution in [1.82, 2.24) is 10.2 Å². The Morgan fingerprint density at radius 2 is 2.12 bits per heavy atom. The van der Waals surface area contributed by atoms with Gasteiger partial charge in [0.15, 0.2) is 0 Å². The zero-order valence-corrected chi connectivity index (χ0v) is 7.65. The minimum atomic E-state index is -4.42. The Morgan fingerprint density at radius 1 is 1.31 bits per heavy atom. The van der Waals surface area contributed by atoms with Crippen molar-refractivity contribution in [3.63, 3.8) is 0 Å². The third-order valence-electron chi connectivity index (χ3n) is 1.67. The molecule has 0 saturated carbocycles. The van der Waals surface area contributed by atoms with Crippen molar-refractivity contribution in [2.24, 2.45) is 0 Å². The second kappa shape index (κ2) is 3.84. The Kier molecular flexibility index (Phi) is 2.51. The van der Waals surface area contributed by atoms with Crippen LogP contribution in [0.3, 0.4) is 0 Å². The van der Waals surface area contributed by atoms with Crippen LogP contribution in [0, 0.1) is 6.39 Å². The van der Waals surface area contributed by atoms with Crippen LogP contribution in [-0.4, -0.2) is 10.2 Å². The molecule has 7 heteroatoms. The van der Waals surface area contributed by atoms with E-state index in [1.54, 1.807) is 0 Å². The van der Waals surface area contributed by atoms with Crippen molar-refractivity contribution >= 4 is 0 Å². The molecule has 1 aromatic carbocycles. The van der Waals surface area contributed by atoms with E-state index in [4.69, 9.17) is 4.74 Å². The van der Waals surface area contributed by atoms with E-state index < -0.39 is 11.7 Å². The molecule has 2 aromatic rings. The van der Waals surface area contributed by atoms with Gasteiger partial charge < -0.3 is 9.15 Å². The average molecular weight is 229 g/mol. The Balaban J connectivity index is 2.23. The number of halogens is 3. The molecule has 0 amide bonds. The van der Waals surface area contributed by atoms with Gasteiger partial charge in [-0.15, -0.1) is 0 Å². The van der Waals surface area contributed by atoms with E-state index in [1.807, 2.05) is 6.39 Å². The second-order valence-corrected chi connectivity index (χ2v) is 2.79. The van der Waals surface area contributed by atoms with Gasteiger partial charge in [0.1, 0.15) is 5.75 Å². The first-order valence-electron chi connectivity index (χ1n) is 4.10. The monoisotopic (exact) mass is 229 g/mol. The summed E-state index contributed by atoms with van der Waals surface area (Å²) in [6, 6.07) is 4.34. The molecule has 0 atom stereocenters. The van der Waals surface area contributed by atoms with Crippen molar-refractivity contribution in [3.05, 3.63) is 36.2 Å². The van der Waals surface area contributed by atoms with E-state index in [-0.39, 0.29) is 11.8 Å². The minimum absolute atomic E-state index is 0.0347. The number of nitrogens with zero attached hydrogens (tertiary/aromatic N) is 2. The van der Waals surface area contributed by atoms with E-state index in [2.05, 4.69) is 14.6 Å². The molecule has 0 aliphatic carbocycles. The molecule has 0 fully saturated rings. The summed E-state index contributed by atoms with van der Waals surface area (Å²) in [6.07, 6.45) is -2.67. The molecule has 0 saturated heterocycles. The molecule has 16 heavy (non-hydrogen) atoms. The van der Waals surface area contributed by atoms with E-state index in [0.29, 0.717) is 0 Å². The van der Waals surface area contributed by atoms with Gasteiger partial charge in [-0.1, -0.05) is 16.3 Å². The van der Waals surface area contributed by atoms with Gasteiger partial charge in [0, 0.05) is 0 Å². The van der Waals surface area contributed by atoms with Gasteiger partial charge in [0.2, 0.25) is 0 Å². The van der Waals surface area contributed by atoms with Gasteiger partial charge >= 0.3 is 18.6 Å². The number of alkyl halides is 3. The maximum Gasteiger partial charge on any atom is 0.420 e. The molecular formula is C9H4F3N2O2. The van der Waals surface area contributed by atoms with Crippen LogP contribution in [-0.2, 0) is 6.18 Å². The smallest absolute Gasteiger partial charge is 0.410 e. The van der Waals surface area contributed by atoms with Gasteiger partial charge in [0.25, 0.3) is 0 Å². The fourth-order valence-electron chi connectivity index (χ4n) is 1.02. The standard InChI is InChI=1S/C9H4F3N2O2/c10-9(11,12)6-2-1-3-7(4-6)16-8-14-13-5-15-8/h1-4H. The van der Waals surface area contributed by atoms with E-state index in [9.17, 15) is 13.2 Å². The molecule has 1 heterocycles. The molecule has 0 aliphatic heterocycles. The van der Waals surface area contributed by atoms with Gasteiger partial charge in [-0.3, -0.25) is 0 Å². The molecule has 1 radical (unpaired) electrons. The number of aromatic nitrogens is 2. The summed E-state index contributed by atoms with van der Waals surface area (Å²) in [5.41, 5.74) is -0.812. The first-order chi connectivity index (χ1) is 7.55. The van der Waals surface area contributed by atoms with Crippen molar-refractivity contribution < 1.29 is 22.3 Å². The first kappa shape index (κ1) is 10.5. The number of hydrogen-bond donors (Lipinski definition) is 0. The highest BCUT2D eigenvalue weighted by molar-refractivity contribution is 5.31. The molecule has 83 valence electrons. The third kappa shape index (κ3) is 2.30. The fourth-order valence-corrected chi connectivity index (χ4v) is 1.02. The minimum Gasteiger partial charge on any atom is -0.410 e. The van der Waals surface area contributed by atoms with Gasteiger partial charge in [-0.25, -0.2) is 0 Å². The summed E-state index contributed by atoms with van der Waals surface area (Å²) < 4.78 is 46.4. The van der Waals surface area contributed by atoms with Crippen LogP contribution in [0.5, 0.6) is 11.8 Å². The summed E-state index contributed by atoms with van der Waals surface area (Å²) in [5.74, 6) is -0.0347. The largest absolute Gasteiger partial charge is 0.420 e. The van der Waals surface area contributed by atoms with Crippen molar-refractivity contribution in [1.29, 1.82) is 0 Å². The highest BCUT2D eigenvalue weighted by Gasteiger charge is 2.30. The molecule has 0 aliphatic rings. The normalized spacial score (nSPS) is 11.4. The maximum atomic E-state index is 12.3. The van der Waals surface area contributed by atoms with Crippen LogP contribution in [0.25, 0.3) is 0 Å². The fraction of sp³-hybridized carbons (Fsp3) is 0.111. The summed E-state index contributed by atoms with van der Waals surface area (Å²) >= 11 is 0. The molecule has 1 aromatic heterocycles. The molecule has 0 bridgehead atoms. The number of ether oxygens (including phenoxy) is 1. The van der Waals surface area contributed by atoms with Gasteiger partial charge in [-0.2, -0.15) is 13.2 Å². The number of benzene rings is 1. The molecule has 0 spiro atoms. The molecule has 2 rings (SSSR count). The number of rotatable bonds is 2. The van der Waals surface area contributed by atoms with Crippen LogP contribution in [0.4, 0.5) is 13.2 Å². The maximum absolute atomic E-state index is 12.3. The SMILES string of the molecule is FC(F)(F)c1cccc(Oc2nn[c]o2)c1. The van der Waals surface area contributed by atoms with Crippen LogP contribution in [0.15, 0.2) is 28.7 Å². The predicted molar refractivity (Wildman–Crippen MR) is 44.7 cm³/mol. The van der Waals surface area contributed by atoms with E-state index in [0.717, 1.165) is 12.1 Å². The van der Waals surface area contributed by atoms with Crippen LogP contribution in [0.2, 0.25) is 0 Å². The lowest BCUT2D eigenvalue weighted by Crippen LogP contribution is -2.04. The molecule has 0 unspecified atom stereocenters. The van der Waals surface area contributed by atoms with Crippen LogP contribution < -0.4 is 4.74 Å². The van der Waals surface area contributed by atoms with Crippen LogP contribution in [0.1, 0.15) is 5.56 Å². The Morgan fingerprint density at radius 3 is 2.75 bits per heavy atom. The lowest BCUT2D eigenvalue weighted by Gasteiger charge is -2.07. The summed E-state index contributed by atoms with van der Waals surface area (Å²) in [4.78, 5) is 0. The lowest BCUT2D eigenvalue weighted by atomic mass is 10.2. The van der Waals surface area contributed by atoms with Crippen molar-refractivity contribution in [3.8, 4) is 11.8 Å². The van der Waals surface area contributed by atoms with E-state index >= 15 is 0 Å². The lowest BCUT2D eigenvalue weighted by molar-refractivity contribution is -0.137. The Bertz CT molecular complexity index is 468. The highest BCUT2D eigenvalue weighted by Crippen LogP contribution is 2.32. The highest BCUT2D eigenvalue weighted by atomic mass is 19.4. The van der Waals surface area contributed by atoms with Gasteiger partial charge in [0.05, 0.1) is 5.56 Å². The predicted octanol–water partition coefficient (Wildman–Crippen LogP) is 2.68. The summed E-state index contributed by atoms with van der Waals surface area (Å²) in [6.45, 7) is 0. The second-order valence-electron chi connectivity index (χ2n) is 2.79. The quantitative estimate of drug-likeness (QED) is 0.794. The average Bonchev–Trinajstić information content (AvgIpc) is 2.70. The molecular weight excluding hydrogens is 225 g/mol. The zero-order chi connectivity index (χ0) is 11.6. The van der Waals surface area contributed by atoms with Gasteiger partial charge in [-0.05, 0) is 18.2 Å². The zero-order valence-electron chi connectivity index (χ0n) is 7.65.